The first-order valence-corrected chi connectivity index (χ1v) is 11.6. The molecule has 0 aromatic heterocycles. The van der Waals surface area contributed by atoms with Crippen LogP contribution in [0.5, 0.6) is 0 Å². The van der Waals surface area contributed by atoms with E-state index in [1.807, 2.05) is 0 Å². The second kappa shape index (κ2) is 7.08. The summed E-state index contributed by atoms with van der Waals surface area (Å²) in [6.45, 7) is 0.472. The van der Waals surface area contributed by atoms with Gasteiger partial charge in [0, 0.05) is 11.5 Å². The van der Waals surface area contributed by atoms with Crippen molar-refractivity contribution in [3.05, 3.63) is 35.9 Å². The van der Waals surface area contributed by atoms with Crippen LogP contribution < -0.4 is 11.1 Å². The average molecular weight is 399 g/mol. The van der Waals surface area contributed by atoms with Gasteiger partial charge < -0.3 is 11.1 Å². The Labute approximate surface area is 174 Å². The van der Waals surface area contributed by atoms with Crippen LogP contribution in [0.15, 0.2) is 30.3 Å². The van der Waals surface area contributed by atoms with Gasteiger partial charge in [0.2, 0.25) is 5.91 Å². The monoisotopic (exact) mass is 398 g/mol. The molecular formula is C25H35FN2O. The number of carbonyl (C=O) groups is 1. The molecule has 3 unspecified atom stereocenters. The zero-order chi connectivity index (χ0) is 20.1. The Morgan fingerprint density at radius 1 is 1.03 bits per heavy atom. The molecule has 0 aliphatic heterocycles. The molecule has 3 nitrogen and oxygen atoms in total. The summed E-state index contributed by atoms with van der Waals surface area (Å²) >= 11 is 0. The molecule has 1 aromatic rings. The molecule has 4 atom stereocenters. The third-order valence-electron chi connectivity index (χ3n) is 8.85. The van der Waals surface area contributed by atoms with Crippen LogP contribution in [0.25, 0.3) is 0 Å². The summed E-state index contributed by atoms with van der Waals surface area (Å²) in [5.74, 6) is 1.30. The number of halogens is 1. The van der Waals surface area contributed by atoms with E-state index in [0.29, 0.717) is 11.8 Å². The third kappa shape index (κ3) is 3.22. The van der Waals surface area contributed by atoms with Crippen LogP contribution in [0.2, 0.25) is 0 Å². The third-order valence-corrected chi connectivity index (χ3v) is 8.85. The summed E-state index contributed by atoms with van der Waals surface area (Å²) in [4.78, 5) is 13.7. The molecule has 4 heteroatoms. The van der Waals surface area contributed by atoms with Crippen LogP contribution >= 0.6 is 0 Å². The molecule has 5 saturated carbocycles. The smallest absolute Gasteiger partial charge is 0.226 e. The number of hydrogen-bond acceptors (Lipinski definition) is 2. The van der Waals surface area contributed by atoms with Gasteiger partial charge in [0.05, 0.1) is 12.1 Å². The van der Waals surface area contributed by atoms with Gasteiger partial charge in [0.25, 0.3) is 0 Å². The van der Waals surface area contributed by atoms with Crippen molar-refractivity contribution in [3.63, 3.8) is 0 Å². The van der Waals surface area contributed by atoms with E-state index in [1.165, 1.54) is 5.56 Å². The highest BCUT2D eigenvalue weighted by Gasteiger charge is 2.66. The zero-order valence-corrected chi connectivity index (χ0v) is 17.5. The van der Waals surface area contributed by atoms with E-state index in [9.17, 15) is 9.18 Å². The van der Waals surface area contributed by atoms with Crippen molar-refractivity contribution in [2.45, 2.75) is 75.7 Å². The number of amides is 1. The molecule has 0 saturated heterocycles. The van der Waals surface area contributed by atoms with Crippen molar-refractivity contribution in [2.24, 2.45) is 28.4 Å². The molecular weight excluding hydrogens is 363 g/mol. The van der Waals surface area contributed by atoms with Gasteiger partial charge in [-0.2, -0.15) is 0 Å². The largest absolute Gasteiger partial charge is 0.353 e. The summed E-state index contributed by atoms with van der Waals surface area (Å²) in [5.41, 5.74) is 6.44. The first-order valence-electron chi connectivity index (χ1n) is 11.6. The van der Waals surface area contributed by atoms with Crippen molar-refractivity contribution in [3.8, 4) is 0 Å². The average Bonchev–Trinajstić information content (AvgIpc) is 2.74. The molecule has 158 valence electrons. The maximum Gasteiger partial charge on any atom is 0.226 e. The van der Waals surface area contributed by atoms with E-state index in [0.717, 1.165) is 70.8 Å². The molecule has 1 aromatic carbocycles. The Hall–Kier alpha value is -1.42. The van der Waals surface area contributed by atoms with Gasteiger partial charge in [-0.1, -0.05) is 30.3 Å². The fourth-order valence-corrected chi connectivity index (χ4v) is 8.03. The number of nitrogens with two attached hydrogens (primary N) is 1. The van der Waals surface area contributed by atoms with Crippen LogP contribution in [0.4, 0.5) is 4.39 Å². The molecule has 5 fully saturated rings. The molecule has 0 spiro atoms. The van der Waals surface area contributed by atoms with Crippen molar-refractivity contribution >= 4 is 5.91 Å². The SMILES string of the molecule is NCC1CCC(NC(=O)C23CC4CC(CF)(C2)C[C@](c2ccccc2)(C4)C3)CC1. The van der Waals surface area contributed by atoms with Gasteiger partial charge in [-0.25, -0.2) is 0 Å². The second-order valence-corrected chi connectivity index (χ2v) is 11.0. The van der Waals surface area contributed by atoms with Gasteiger partial charge in [-0.15, -0.1) is 0 Å². The molecule has 5 aliphatic rings. The molecule has 1 amide bonds. The minimum atomic E-state index is -0.383. The van der Waals surface area contributed by atoms with Gasteiger partial charge in [-0.3, -0.25) is 9.18 Å². The van der Waals surface area contributed by atoms with Crippen molar-refractivity contribution in [2.75, 3.05) is 13.2 Å². The Kier molecular flexibility index (Phi) is 4.77. The molecule has 29 heavy (non-hydrogen) atoms. The highest BCUT2D eigenvalue weighted by atomic mass is 19.1. The lowest BCUT2D eigenvalue weighted by Crippen LogP contribution is -2.64. The predicted molar refractivity (Wildman–Crippen MR) is 113 cm³/mol. The van der Waals surface area contributed by atoms with E-state index in [2.05, 4.69) is 35.6 Å². The van der Waals surface area contributed by atoms with Gasteiger partial charge in [0.15, 0.2) is 0 Å². The van der Waals surface area contributed by atoms with Gasteiger partial charge in [-0.05, 0) is 93.6 Å². The quantitative estimate of drug-likeness (QED) is 0.767. The van der Waals surface area contributed by atoms with Crippen LogP contribution in [0.3, 0.4) is 0 Å². The molecule has 6 rings (SSSR count). The zero-order valence-electron chi connectivity index (χ0n) is 17.5. The minimum absolute atomic E-state index is 0.0265. The Bertz CT molecular complexity index is 761. The van der Waals surface area contributed by atoms with Gasteiger partial charge in [0.1, 0.15) is 0 Å². The number of hydrogen-bond donors (Lipinski definition) is 2. The van der Waals surface area contributed by atoms with E-state index >= 15 is 0 Å². The highest BCUT2D eigenvalue weighted by molar-refractivity contribution is 5.84. The lowest BCUT2D eigenvalue weighted by Gasteiger charge is -2.65. The van der Waals surface area contributed by atoms with Crippen LogP contribution in [-0.4, -0.2) is 25.2 Å². The fourth-order valence-electron chi connectivity index (χ4n) is 8.03. The predicted octanol–water partition coefficient (Wildman–Crippen LogP) is 4.50. The number of nitrogens with one attached hydrogen (secondary N) is 1. The number of carbonyl (C=O) groups excluding carboxylic acids is 1. The Morgan fingerprint density at radius 2 is 1.79 bits per heavy atom. The van der Waals surface area contributed by atoms with Crippen molar-refractivity contribution in [1.82, 2.24) is 5.32 Å². The maximum atomic E-state index is 14.5. The highest BCUT2D eigenvalue weighted by Crippen LogP contribution is 2.70. The second-order valence-electron chi connectivity index (χ2n) is 11.0. The molecule has 3 N–H and O–H groups in total. The number of rotatable bonds is 5. The molecule has 0 radical (unpaired) electrons. The summed E-state index contributed by atoms with van der Waals surface area (Å²) in [6.07, 6.45) is 9.87. The molecule has 5 aliphatic carbocycles. The first kappa shape index (κ1) is 19.5. The van der Waals surface area contributed by atoms with E-state index < -0.39 is 0 Å². The lowest BCUT2D eigenvalue weighted by atomic mass is 9.38. The molecule has 4 bridgehead atoms. The number of benzene rings is 1. The van der Waals surface area contributed by atoms with E-state index in [4.69, 9.17) is 5.73 Å². The summed E-state index contributed by atoms with van der Waals surface area (Å²) < 4.78 is 14.5. The normalized spacial score (nSPS) is 43.3. The maximum absolute atomic E-state index is 14.5. The summed E-state index contributed by atoms with van der Waals surface area (Å²) in [5, 5.41) is 3.43. The summed E-state index contributed by atoms with van der Waals surface area (Å²) in [6, 6.07) is 10.9. The standard InChI is InChI=1S/C25H35FN2O/c26-17-23-10-19-11-24(14-23,20-4-2-1-3-5-20)16-25(12-19,15-23)22(29)28-21-8-6-18(13-27)7-9-21/h1-5,18-19,21H,6-17,27H2,(H,28,29)/t18?,19?,21?,23?,24-,25?/m1/s1. The summed E-state index contributed by atoms with van der Waals surface area (Å²) in [7, 11) is 0. The van der Waals surface area contributed by atoms with Crippen molar-refractivity contribution < 1.29 is 9.18 Å². The minimum Gasteiger partial charge on any atom is -0.353 e. The first-order chi connectivity index (χ1) is 14.0. The number of alkyl halides is 1. The van der Waals surface area contributed by atoms with Crippen LogP contribution in [-0.2, 0) is 10.2 Å². The van der Waals surface area contributed by atoms with E-state index in [1.54, 1.807) is 0 Å². The topological polar surface area (TPSA) is 55.1 Å². The Balaban J connectivity index is 1.41. The van der Waals surface area contributed by atoms with Crippen LogP contribution in [0, 0.1) is 22.7 Å². The fraction of sp³-hybridized carbons (Fsp3) is 0.720. The lowest BCUT2D eigenvalue weighted by molar-refractivity contribution is -0.166. The van der Waals surface area contributed by atoms with Crippen molar-refractivity contribution in [1.29, 1.82) is 0 Å². The van der Waals surface area contributed by atoms with Crippen LogP contribution in [0.1, 0.15) is 69.8 Å². The van der Waals surface area contributed by atoms with E-state index in [-0.39, 0.29) is 34.9 Å². The van der Waals surface area contributed by atoms with Gasteiger partial charge >= 0.3 is 0 Å². The molecule has 0 heterocycles. The Morgan fingerprint density at radius 3 is 2.48 bits per heavy atom.